The fourth-order valence-electron chi connectivity index (χ4n) is 4.65. The van der Waals surface area contributed by atoms with Gasteiger partial charge in [0.2, 0.25) is 5.95 Å². The zero-order chi connectivity index (χ0) is 25.2. The third-order valence-corrected chi connectivity index (χ3v) is 6.84. The number of β-amino-alcohol motifs (C(OH)–C–C–N with tert-alkyl or cyclic N) is 1. The van der Waals surface area contributed by atoms with Crippen LogP contribution in [0.1, 0.15) is 46.2 Å². The molecule has 3 aromatic rings. The highest BCUT2D eigenvalue weighted by atomic mass is 16.3. The number of hydrogen-bond donors (Lipinski definition) is 2. The van der Waals surface area contributed by atoms with E-state index < -0.39 is 6.10 Å². The Balaban J connectivity index is 1.42. The molecule has 2 fully saturated rings. The molecule has 3 N–H and O–H groups in total. The quantitative estimate of drug-likeness (QED) is 0.543. The van der Waals surface area contributed by atoms with Gasteiger partial charge in [0.25, 0.3) is 5.91 Å². The summed E-state index contributed by atoms with van der Waals surface area (Å²) >= 11 is 0. The molecule has 2 saturated heterocycles. The summed E-state index contributed by atoms with van der Waals surface area (Å²) in [5, 5.41) is 14.4. The highest BCUT2D eigenvalue weighted by Gasteiger charge is 2.41. The van der Waals surface area contributed by atoms with E-state index >= 15 is 0 Å². The Morgan fingerprint density at radius 1 is 1.06 bits per heavy atom. The van der Waals surface area contributed by atoms with Crippen molar-refractivity contribution in [3.8, 4) is 0 Å². The van der Waals surface area contributed by atoms with Crippen LogP contribution in [0, 0.1) is 0 Å². The number of likely N-dealkylation sites (tertiary alicyclic amines) is 2. The summed E-state index contributed by atoms with van der Waals surface area (Å²) in [7, 11) is 1.87. The molecule has 0 bridgehead atoms. The number of aromatic nitrogens is 3. The van der Waals surface area contributed by atoms with Crippen LogP contribution >= 0.6 is 0 Å². The first-order chi connectivity index (χ1) is 17.4. The van der Waals surface area contributed by atoms with Crippen molar-refractivity contribution >= 4 is 17.9 Å². The molecule has 2 aromatic carbocycles. The lowest BCUT2D eigenvalue weighted by Crippen LogP contribution is -2.51. The largest absolute Gasteiger partial charge is 0.391 e. The minimum Gasteiger partial charge on any atom is -0.391 e. The summed E-state index contributed by atoms with van der Waals surface area (Å²) in [4.78, 5) is 36.5. The third kappa shape index (κ3) is 4.69. The summed E-state index contributed by atoms with van der Waals surface area (Å²) in [6.07, 6.45) is 0.827. The Morgan fingerprint density at radius 3 is 2.39 bits per heavy atom. The summed E-state index contributed by atoms with van der Waals surface area (Å²) < 4.78 is 1.33. The first kappa shape index (κ1) is 24.0. The van der Waals surface area contributed by atoms with Crippen LogP contribution in [0.4, 0.5) is 10.7 Å². The van der Waals surface area contributed by atoms with Crippen LogP contribution in [0.25, 0.3) is 0 Å². The van der Waals surface area contributed by atoms with Gasteiger partial charge in [-0.05, 0) is 36.1 Å². The van der Waals surface area contributed by atoms with E-state index in [0.29, 0.717) is 56.5 Å². The number of urea groups is 1. The van der Waals surface area contributed by atoms with E-state index in [-0.39, 0.29) is 18.0 Å². The van der Waals surface area contributed by atoms with Crippen molar-refractivity contribution in [3.63, 3.8) is 0 Å². The molecular formula is C26H31N7O3. The van der Waals surface area contributed by atoms with Crippen molar-refractivity contribution in [3.05, 3.63) is 77.1 Å². The average molecular weight is 490 g/mol. The molecule has 0 aliphatic carbocycles. The van der Waals surface area contributed by atoms with Gasteiger partial charge in [0.05, 0.1) is 12.1 Å². The summed E-state index contributed by atoms with van der Waals surface area (Å²) in [6.45, 7) is 2.47. The first-order valence-corrected chi connectivity index (χ1v) is 12.2. The van der Waals surface area contributed by atoms with Gasteiger partial charge < -0.3 is 25.5 Å². The monoisotopic (exact) mass is 489 g/mol. The maximum Gasteiger partial charge on any atom is 0.320 e. The van der Waals surface area contributed by atoms with Crippen molar-refractivity contribution < 1.29 is 14.7 Å². The predicted octanol–water partition coefficient (Wildman–Crippen LogP) is 2.00. The van der Waals surface area contributed by atoms with Gasteiger partial charge >= 0.3 is 6.03 Å². The average Bonchev–Trinajstić information content (AvgIpc) is 3.51. The molecule has 1 aromatic heterocycles. The SMILES string of the molecule is CN(Cc1ccc(CN)cc1)c1nc(C2CCN2C(=O)N2CCC(O)C2)nn1C(=O)c1ccccc1. The second kappa shape index (κ2) is 10.1. The zero-order valence-electron chi connectivity index (χ0n) is 20.3. The summed E-state index contributed by atoms with van der Waals surface area (Å²) in [5.41, 5.74) is 8.31. The number of benzene rings is 2. The topological polar surface area (TPSA) is 121 Å². The van der Waals surface area contributed by atoms with Gasteiger partial charge in [0.15, 0.2) is 5.82 Å². The number of carbonyl (C=O) groups excluding carboxylic acids is 2. The summed E-state index contributed by atoms with van der Waals surface area (Å²) in [6, 6.07) is 16.5. The van der Waals surface area contributed by atoms with Crippen molar-refractivity contribution in [2.24, 2.45) is 5.73 Å². The Morgan fingerprint density at radius 2 is 1.78 bits per heavy atom. The molecule has 0 radical (unpaired) electrons. The second-order valence-corrected chi connectivity index (χ2v) is 9.40. The van der Waals surface area contributed by atoms with Crippen molar-refractivity contribution in [2.75, 3.05) is 31.6 Å². The number of amides is 2. The second-order valence-electron chi connectivity index (χ2n) is 9.40. The van der Waals surface area contributed by atoms with E-state index in [0.717, 1.165) is 17.5 Å². The molecule has 2 aliphatic heterocycles. The lowest BCUT2D eigenvalue weighted by Gasteiger charge is -2.41. The Kier molecular flexibility index (Phi) is 6.71. The van der Waals surface area contributed by atoms with Crippen LogP contribution in [0.3, 0.4) is 0 Å². The molecule has 2 amide bonds. The smallest absolute Gasteiger partial charge is 0.320 e. The molecular weight excluding hydrogens is 458 g/mol. The fraction of sp³-hybridized carbons (Fsp3) is 0.385. The van der Waals surface area contributed by atoms with E-state index in [1.807, 2.05) is 54.4 Å². The molecule has 2 aliphatic rings. The highest BCUT2D eigenvalue weighted by molar-refractivity contribution is 5.96. The Hall–Kier alpha value is -3.76. The molecule has 5 rings (SSSR count). The number of anilines is 1. The van der Waals surface area contributed by atoms with Crippen LogP contribution in [0.5, 0.6) is 0 Å². The molecule has 10 heteroatoms. The van der Waals surface area contributed by atoms with Crippen molar-refractivity contribution in [2.45, 2.75) is 38.1 Å². The van der Waals surface area contributed by atoms with Crippen LogP contribution < -0.4 is 10.6 Å². The molecule has 2 unspecified atom stereocenters. The van der Waals surface area contributed by atoms with E-state index in [1.165, 1.54) is 4.68 Å². The standard InChI is InChI=1S/C26H31N7O3/c1-30(16-19-9-7-18(15-27)8-10-19)25-28-23(29-33(25)24(35)20-5-3-2-4-6-20)22-12-14-32(22)26(36)31-13-11-21(34)17-31/h2-10,21-22,34H,11-17,27H2,1H3. The lowest BCUT2D eigenvalue weighted by molar-refractivity contribution is 0.0809. The number of carbonyl (C=O) groups is 2. The summed E-state index contributed by atoms with van der Waals surface area (Å²) in [5.74, 6) is 0.575. The minimum atomic E-state index is -0.478. The molecule has 0 spiro atoms. The molecule has 36 heavy (non-hydrogen) atoms. The van der Waals surface area contributed by atoms with Gasteiger partial charge in [-0.1, -0.05) is 42.5 Å². The first-order valence-electron chi connectivity index (χ1n) is 12.2. The fourth-order valence-corrected chi connectivity index (χ4v) is 4.65. The third-order valence-electron chi connectivity index (χ3n) is 6.84. The van der Waals surface area contributed by atoms with Gasteiger partial charge in [-0.2, -0.15) is 9.67 Å². The Bertz CT molecular complexity index is 1230. The number of hydrogen-bond acceptors (Lipinski definition) is 7. The normalized spacial score (nSPS) is 19.3. The Labute approximate surface area is 209 Å². The van der Waals surface area contributed by atoms with Crippen LogP contribution in [-0.2, 0) is 13.1 Å². The molecule has 3 heterocycles. The van der Waals surface area contributed by atoms with Crippen LogP contribution in [0.2, 0.25) is 0 Å². The molecule has 188 valence electrons. The number of rotatable bonds is 6. The van der Waals surface area contributed by atoms with E-state index in [4.69, 9.17) is 10.7 Å². The molecule has 0 saturated carbocycles. The highest BCUT2D eigenvalue weighted by Crippen LogP contribution is 2.34. The van der Waals surface area contributed by atoms with E-state index in [2.05, 4.69) is 5.10 Å². The number of aliphatic hydroxyl groups excluding tert-OH is 1. The van der Waals surface area contributed by atoms with Crippen LogP contribution in [0.15, 0.2) is 54.6 Å². The van der Waals surface area contributed by atoms with Gasteiger partial charge in [0.1, 0.15) is 0 Å². The number of aliphatic hydroxyl groups is 1. The number of nitrogens with zero attached hydrogens (tertiary/aromatic N) is 6. The number of nitrogens with two attached hydrogens (primary N) is 1. The van der Waals surface area contributed by atoms with E-state index in [1.54, 1.807) is 21.9 Å². The minimum absolute atomic E-state index is 0.122. The van der Waals surface area contributed by atoms with Gasteiger partial charge in [-0.15, -0.1) is 5.10 Å². The van der Waals surface area contributed by atoms with E-state index in [9.17, 15) is 14.7 Å². The van der Waals surface area contributed by atoms with Gasteiger partial charge in [-0.25, -0.2) is 4.79 Å². The van der Waals surface area contributed by atoms with Crippen molar-refractivity contribution in [1.82, 2.24) is 24.6 Å². The maximum atomic E-state index is 13.4. The van der Waals surface area contributed by atoms with Gasteiger partial charge in [-0.3, -0.25) is 4.79 Å². The lowest BCUT2D eigenvalue weighted by atomic mass is 10.0. The molecule has 2 atom stereocenters. The predicted molar refractivity (Wildman–Crippen MR) is 134 cm³/mol. The van der Waals surface area contributed by atoms with Gasteiger partial charge in [0, 0.05) is 45.3 Å². The van der Waals surface area contributed by atoms with Crippen LogP contribution in [-0.4, -0.2) is 74.4 Å². The van der Waals surface area contributed by atoms with Crippen molar-refractivity contribution in [1.29, 1.82) is 0 Å². The zero-order valence-corrected chi connectivity index (χ0v) is 20.3. The maximum absolute atomic E-state index is 13.4. The molecule has 10 nitrogen and oxygen atoms in total.